The summed E-state index contributed by atoms with van der Waals surface area (Å²) in [4.78, 5) is 25.2. The van der Waals surface area contributed by atoms with Gasteiger partial charge in [-0.25, -0.2) is 4.39 Å². The van der Waals surface area contributed by atoms with Gasteiger partial charge in [-0.3, -0.25) is 9.59 Å². The van der Waals surface area contributed by atoms with Gasteiger partial charge in [-0.05, 0) is 55.3 Å². The van der Waals surface area contributed by atoms with Gasteiger partial charge in [-0.2, -0.15) is 5.26 Å². The molecule has 162 valence electrons. The van der Waals surface area contributed by atoms with Crippen molar-refractivity contribution in [1.82, 2.24) is 0 Å². The summed E-state index contributed by atoms with van der Waals surface area (Å²) in [5.41, 5.74) is 1.96. The Kier molecular flexibility index (Phi) is 7.55. The van der Waals surface area contributed by atoms with Gasteiger partial charge in [0.05, 0.1) is 18.2 Å². The van der Waals surface area contributed by atoms with Crippen LogP contribution in [-0.2, 0) is 0 Å². The van der Waals surface area contributed by atoms with Crippen molar-refractivity contribution in [2.75, 3.05) is 17.2 Å². The Morgan fingerprint density at radius 1 is 1.00 bits per heavy atom. The highest BCUT2D eigenvalue weighted by atomic mass is 19.1. The summed E-state index contributed by atoms with van der Waals surface area (Å²) in [5.74, 6) is -0.994. The molecule has 0 bridgehead atoms. The molecule has 3 rings (SSSR count). The first-order valence-electron chi connectivity index (χ1n) is 10.1. The quantitative estimate of drug-likeness (QED) is 0.472. The molecule has 2 amide bonds. The zero-order valence-electron chi connectivity index (χ0n) is 17.5. The molecular weight excluding hydrogens is 409 g/mol. The molecule has 0 aliphatic rings. The van der Waals surface area contributed by atoms with Crippen molar-refractivity contribution in [2.45, 2.75) is 19.8 Å². The van der Waals surface area contributed by atoms with Gasteiger partial charge < -0.3 is 15.4 Å². The number of rotatable bonds is 8. The molecule has 0 aliphatic heterocycles. The summed E-state index contributed by atoms with van der Waals surface area (Å²) < 4.78 is 19.5. The highest BCUT2D eigenvalue weighted by Gasteiger charge is 2.14. The van der Waals surface area contributed by atoms with Crippen LogP contribution in [0, 0.1) is 24.1 Å². The van der Waals surface area contributed by atoms with Crippen LogP contribution < -0.4 is 15.4 Å². The Labute approximate surface area is 185 Å². The van der Waals surface area contributed by atoms with Gasteiger partial charge in [-0.15, -0.1) is 0 Å². The lowest BCUT2D eigenvalue weighted by atomic mass is 10.1. The van der Waals surface area contributed by atoms with Crippen molar-refractivity contribution in [1.29, 1.82) is 5.26 Å². The number of aryl methyl sites for hydroxylation is 1. The first-order valence-corrected chi connectivity index (χ1v) is 10.1. The summed E-state index contributed by atoms with van der Waals surface area (Å²) in [6.45, 7) is 2.19. The Bertz CT molecular complexity index is 1170. The van der Waals surface area contributed by atoms with Crippen molar-refractivity contribution < 1.29 is 18.7 Å². The third kappa shape index (κ3) is 5.92. The lowest BCUT2D eigenvalue weighted by molar-refractivity contribution is 0.101. The van der Waals surface area contributed by atoms with E-state index in [9.17, 15) is 14.0 Å². The predicted octanol–water partition coefficient (Wildman–Crippen LogP) is 5.32. The Balaban J connectivity index is 1.70. The third-order valence-corrected chi connectivity index (χ3v) is 4.66. The second kappa shape index (κ2) is 10.7. The van der Waals surface area contributed by atoms with E-state index in [1.807, 2.05) is 0 Å². The Morgan fingerprint density at radius 2 is 1.81 bits per heavy atom. The summed E-state index contributed by atoms with van der Waals surface area (Å²) >= 11 is 0. The van der Waals surface area contributed by atoms with E-state index >= 15 is 0 Å². The van der Waals surface area contributed by atoms with Gasteiger partial charge >= 0.3 is 0 Å². The van der Waals surface area contributed by atoms with Crippen LogP contribution in [-0.4, -0.2) is 18.4 Å². The number of hydrogen-bond donors (Lipinski definition) is 2. The van der Waals surface area contributed by atoms with Crippen LogP contribution in [0.15, 0.2) is 66.7 Å². The Hall–Kier alpha value is -4.18. The van der Waals surface area contributed by atoms with Crippen LogP contribution in [0.1, 0.15) is 39.1 Å². The van der Waals surface area contributed by atoms with Gasteiger partial charge in [0.15, 0.2) is 0 Å². The number of anilines is 2. The molecule has 0 unspecified atom stereocenters. The predicted molar refractivity (Wildman–Crippen MR) is 120 cm³/mol. The van der Waals surface area contributed by atoms with E-state index in [0.717, 1.165) is 5.56 Å². The van der Waals surface area contributed by atoms with E-state index in [1.54, 1.807) is 55.5 Å². The summed E-state index contributed by atoms with van der Waals surface area (Å²) in [6, 6.07) is 19.6. The summed E-state index contributed by atoms with van der Waals surface area (Å²) in [6.07, 6.45) is 1.04. The van der Waals surface area contributed by atoms with E-state index in [0.29, 0.717) is 42.1 Å². The van der Waals surface area contributed by atoms with Gasteiger partial charge in [-0.1, -0.05) is 24.3 Å². The van der Waals surface area contributed by atoms with E-state index in [1.165, 1.54) is 18.2 Å². The molecule has 0 aromatic heterocycles. The molecular formula is C25H22FN3O3. The monoisotopic (exact) mass is 431 g/mol. The number of carbonyl (C=O) groups is 2. The lowest BCUT2D eigenvalue weighted by Crippen LogP contribution is -2.16. The molecule has 7 heteroatoms. The minimum atomic E-state index is -0.619. The minimum absolute atomic E-state index is 0.0756. The van der Waals surface area contributed by atoms with Crippen LogP contribution in [0.5, 0.6) is 5.75 Å². The zero-order chi connectivity index (χ0) is 22.9. The molecule has 2 N–H and O–H groups in total. The number of ether oxygens (including phenoxy) is 1. The number of halogens is 1. The first kappa shape index (κ1) is 22.5. The smallest absolute Gasteiger partial charge is 0.258 e. The number of hydrogen-bond acceptors (Lipinski definition) is 4. The van der Waals surface area contributed by atoms with Crippen molar-refractivity contribution >= 4 is 23.2 Å². The van der Waals surface area contributed by atoms with E-state index < -0.39 is 11.7 Å². The minimum Gasteiger partial charge on any atom is -0.493 e. The van der Waals surface area contributed by atoms with Crippen LogP contribution in [0.2, 0.25) is 0 Å². The molecule has 0 heterocycles. The zero-order valence-corrected chi connectivity index (χ0v) is 17.5. The maximum Gasteiger partial charge on any atom is 0.258 e. The van der Waals surface area contributed by atoms with Gasteiger partial charge in [0, 0.05) is 29.4 Å². The van der Waals surface area contributed by atoms with Crippen molar-refractivity contribution in [3.63, 3.8) is 0 Å². The molecule has 0 saturated carbocycles. The van der Waals surface area contributed by atoms with Crippen LogP contribution in [0.3, 0.4) is 0 Å². The summed E-state index contributed by atoms with van der Waals surface area (Å²) in [7, 11) is 0. The van der Waals surface area contributed by atoms with Crippen molar-refractivity contribution in [2.24, 2.45) is 0 Å². The molecule has 3 aromatic carbocycles. The molecule has 0 fully saturated rings. The summed E-state index contributed by atoms with van der Waals surface area (Å²) in [5, 5.41) is 14.0. The number of amides is 2. The lowest BCUT2D eigenvalue weighted by Gasteiger charge is -2.12. The number of nitriles is 1. The van der Waals surface area contributed by atoms with Crippen molar-refractivity contribution in [3.8, 4) is 11.8 Å². The molecule has 32 heavy (non-hydrogen) atoms. The molecule has 0 atom stereocenters. The fourth-order valence-corrected chi connectivity index (χ4v) is 2.94. The van der Waals surface area contributed by atoms with Crippen molar-refractivity contribution in [3.05, 3.63) is 89.2 Å². The number of nitrogens with one attached hydrogen (secondary N) is 2. The average molecular weight is 431 g/mol. The maximum atomic E-state index is 13.9. The van der Waals surface area contributed by atoms with E-state index in [2.05, 4.69) is 16.7 Å². The SMILES string of the molecule is Cc1ccc(C(=O)Nc2cccc(OCCCC#N)c2)cc1NC(=O)c1ccccc1F. The largest absolute Gasteiger partial charge is 0.493 e. The Morgan fingerprint density at radius 3 is 2.59 bits per heavy atom. The maximum absolute atomic E-state index is 13.9. The molecule has 0 aliphatic carbocycles. The fraction of sp³-hybridized carbons (Fsp3) is 0.160. The topological polar surface area (TPSA) is 91.2 Å². The van der Waals surface area contributed by atoms with Gasteiger partial charge in [0.2, 0.25) is 0 Å². The number of unbranched alkanes of at least 4 members (excludes halogenated alkanes) is 1. The van der Waals surface area contributed by atoms with E-state index in [4.69, 9.17) is 10.00 Å². The number of benzene rings is 3. The first-order chi connectivity index (χ1) is 15.5. The molecule has 3 aromatic rings. The highest BCUT2D eigenvalue weighted by Crippen LogP contribution is 2.22. The second-order valence-corrected chi connectivity index (χ2v) is 7.06. The fourth-order valence-electron chi connectivity index (χ4n) is 2.94. The van der Waals surface area contributed by atoms with Gasteiger partial charge in [0.1, 0.15) is 11.6 Å². The van der Waals surface area contributed by atoms with Gasteiger partial charge in [0.25, 0.3) is 11.8 Å². The van der Waals surface area contributed by atoms with Crippen LogP contribution in [0.4, 0.5) is 15.8 Å². The standard InChI is InChI=1S/C25H22FN3O3/c1-17-11-12-18(15-23(17)29-25(31)21-9-2-3-10-22(21)26)24(30)28-19-7-6-8-20(16-19)32-14-5-4-13-27/h2-3,6-12,15-16H,4-5,14H2,1H3,(H,28,30)(H,29,31). The second-order valence-electron chi connectivity index (χ2n) is 7.06. The highest BCUT2D eigenvalue weighted by molar-refractivity contribution is 6.08. The third-order valence-electron chi connectivity index (χ3n) is 4.66. The van der Waals surface area contributed by atoms with E-state index in [-0.39, 0.29) is 11.5 Å². The molecule has 0 spiro atoms. The normalized spacial score (nSPS) is 10.2. The van der Waals surface area contributed by atoms with Crippen LogP contribution in [0.25, 0.3) is 0 Å². The average Bonchev–Trinajstić information content (AvgIpc) is 2.78. The number of nitrogens with zero attached hydrogens (tertiary/aromatic N) is 1. The number of carbonyl (C=O) groups excluding carboxylic acids is 2. The molecule has 6 nitrogen and oxygen atoms in total. The molecule has 0 radical (unpaired) electrons. The van der Waals surface area contributed by atoms with Crippen LogP contribution >= 0.6 is 0 Å². The molecule has 0 saturated heterocycles.